The second kappa shape index (κ2) is 4.96. The van der Waals surface area contributed by atoms with E-state index in [0.29, 0.717) is 12.3 Å². The number of carbonyl (C=O) groups excluding carboxylic acids is 1. The second-order valence-corrected chi connectivity index (χ2v) is 7.71. The predicted molar refractivity (Wildman–Crippen MR) is 66.3 cm³/mol. The van der Waals surface area contributed by atoms with Crippen LogP contribution in [0.25, 0.3) is 0 Å². The van der Waals surface area contributed by atoms with Crippen molar-refractivity contribution in [3.63, 3.8) is 0 Å². The summed E-state index contributed by atoms with van der Waals surface area (Å²) >= 11 is 0. The monoisotopic (exact) mass is 259 g/mol. The molecule has 1 amide bonds. The Hall–Kier alpha value is -0.580. The van der Waals surface area contributed by atoms with Crippen molar-refractivity contribution in [2.24, 2.45) is 11.8 Å². The Labute approximate surface area is 103 Å². The van der Waals surface area contributed by atoms with Gasteiger partial charge < -0.3 is 5.32 Å². The maximum Gasteiger partial charge on any atom is 0.224 e. The SMILES string of the molecule is C[C@@H]1CCCC[C@H]1NC(=O)[C@H]1CCS(=O)(=O)C1. The van der Waals surface area contributed by atoms with E-state index in [0.717, 1.165) is 19.3 Å². The Morgan fingerprint density at radius 2 is 1.88 bits per heavy atom. The van der Waals surface area contributed by atoms with Gasteiger partial charge in [-0.05, 0) is 25.2 Å². The van der Waals surface area contributed by atoms with Crippen molar-refractivity contribution >= 4 is 15.7 Å². The highest BCUT2D eigenvalue weighted by molar-refractivity contribution is 7.91. The summed E-state index contributed by atoms with van der Waals surface area (Å²) in [4.78, 5) is 12.0. The third-order valence-electron chi connectivity index (χ3n) is 4.04. The maximum atomic E-state index is 12.0. The first-order valence-corrected chi connectivity index (χ1v) is 8.31. The number of hydrogen-bond donors (Lipinski definition) is 1. The Morgan fingerprint density at radius 1 is 1.18 bits per heavy atom. The van der Waals surface area contributed by atoms with Crippen molar-refractivity contribution < 1.29 is 13.2 Å². The van der Waals surface area contributed by atoms with E-state index in [-0.39, 0.29) is 29.4 Å². The van der Waals surface area contributed by atoms with Crippen LogP contribution in [0.4, 0.5) is 0 Å². The fraction of sp³-hybridized carbons (Fsp3) is 0.917. The molecule has 3 atom stereocenters. The molecule has 0 aromatic heterocycles. The zero-order valence-corrected chi connectivity index (χ0v) is 11.1. The highest BCUT2D eigenvalue weighted by Crippen LogP contribution is 2.25. The molecule has 0 spiro atoms. The van der Waals surface area contributed by atoms with Gasteiger partial charge in [0.25, 0.3) is 0 Å². The van der Waals surface area contributed by atoms with Gasteiger partial charge in [0.05, 0.1) is 17.4 Å². The standard InChI is InChI=1S/C12H21NO3S/c1-9-4-2-3-5-11(9)13-12(14)10-6-7-17(15,16)8-10/h9-11H,2-8H2,1H3,(H,13,14)/t9-,10+,11-/m1/s1. The van der Waals surface area contributed by atoms with E-state index in [9.17, 15) is 13.2 Å². The van der Waals surface area contributed by atoms with Gasteiger partial charge in [-0.3, -0.25) is 4.79 Å². The van der Waals surface area contributed by atoms with E-state index in [4.69, 9.17) is 0 Å². The number of amides is 1. The molecule has 0 radical (unpaired) electrons. The third kappa shape index (κ3) is 3.21. The lowest BCUT2D eigenvalue weighted by Gasteiger charge is -2.30. The van der Waals surface area contributed by atoms with Crippen molar-refractivity contribution in [3.8, 4) is 0 Å². The number of carbonyl (C=O) groups is 1. The summed E-state index contributed by atoms with van der Waals surface area (Å²) in [6.07, 6.45) is 5.10. The largest absolute Gasteiger partial charge is 0.353 e. The fourth-order valence-electron chi connectivity index (χ4n) is 2.83. The minimum atomic E-state index is -2.96. The molecule has 0 aromatic rings. The first-order chi connectivity index (χ1) is 7.98. The van der Waals surface area contributed by atoms with Crippen LogP contribution >= 0.6 is 0 Å². The molecule has 1 saturated heterocycles. The molecule has 1 aliphatic heterocycles. The van der Waals surface area contributed by atoms with Crippen molar-refractivity contribution in [2.75, 3.05) is 11.5 Å². The van der Waals surface area contributed by atoms with E-state index in [1.165, 1.54) is 6.42 Å². The lowest BCUT2D eigenvalue weighted by Crippen LogP contribution is -2.44. The highest BCUT2D eigenvalue weighted by Gasteiger charge is 2.34. The van der Waals surface area contributed by atoms with Gasteiger partial charge in [-0.15, -0.1) is 0 Å². The zero-order chi connectivity index (χ0) is 12.5. The Kier molecular flexibility index (Phi) is 3.76. The molecule has 0 aromatic carbocycles. The lowest BCUT2D eigenvalue weighted by atomic mass is 9.85. The molecule has 2 rings (SSSR count). The summed E-state index contributed by atoms with van der Waals surface area (Å²) in [5.74, 6) is 0.371. The minimum absolute atomic E-state index is 0.0416. The van der Waals surface area contributed by atoms with Crippen LogP contribution in [0.3, 0.4) is 0 Å². The van der Waals surface area contributed by atoms with Gasteiger partial charge in [0.15, 0.2) is 9.84 Å². The molecule has 4 nitrogen and oxygen atoms in total. The highest BCUT2D eigenvalue weighted by atomic mass is 32.2. The zero-order valence-electron chi connectivity index (χ0n) is 10.3. The first-order valence-electron chi connectivity index (χ1n) is 6.49. The maximum absolute atomic E-state index is 12.0. The molecule has 0 bridgehead atoms. The van der Waals surface area contributed by atoms with Crippen molar-refractivity contribution in [3.05, 3.63) is 0 Å². The van der Waals surface area contributed by atoms with Gasteiger partial charge in [0.2, 0.25) is 5.91 Å². The molecule has 0 unspecified atom stereocenters. The van der Waals surface area contributed by atoms with E-state index in [2.05, 4.69) is 12.2 Å². The molecule has 1 aliphatic carbocycles. The summed E-state index contributed by atoms with van der Waals surface area (Å²) in [7, 11) is -2.96. The molecule has 17 heavy (non-hydrogen) atoms. The van der Waals surface area contributed by atoms with Crippen LogP contribution in [-0.4, -0.2) is 31.9 Å². The quantitative estimate of drug-likeness (QED) is 0.808. The van der Waals surface area contributed by atoms with Crippen LogP contribution < -0.4 is 5.32 Å². The summed E-state index contributed by atoms with van der Waals surface area (Å²) in [5.41, 5.74) is 0. The summed E-state index contributed by atoms with van der Waals surface area (Å²) in [6.45, 7) is 2.16. The molecule has 98 valence electrons. The number of sulfone groups is 1. The van der Waals surface area contributed by atoms with E-state index in [1.807, 2.05) is 0 Å². The van der Waals surface area contributed by atoms with Gasteiger partial charge in [0, 0.05) is 6.04 Å². The van der Waals surface area contributed by atoms with Crippen LogP contribution in [0, 0.1) is 11.8 Å². The van der Waals surface area contributed by atoms with Gasteiger partial charge in [-0.1, -0.05) is 19.8 Å². The van der Waals surface area contributed by atoms with Gasteiger partial charge in [-0.25, -0.2) is 8.42 Å². The Balaban J connectivity index is 1.89. The minimum Gasteiger partial charge on any atom is -0.353 e. The summed E-state index contributed by atoms with van der Waals surface area (Å²) < 4.78 is 22.6. The van der Waals surface area contributed by atoms with Crippen LogP contribution in [0.5, 0.6) is 0 Å². The average molecular weight is 259 g/mol. The van der Waals surface area contributed by atoms with Crippen molar-refractivity contribution in [2.45, 2.75) is 45.1 Å². The normalized spacial score (nSPS) is 36.6. The van der Waals surface area contributed by atoms with Crippen LogP contribution in [-0.2, 0) is 14.6 Å². The molecule has 5 heteroatoms. The Morgan fingerprint density at radius 3 is 2.47 bits per heavy atom. The predicted octanol–water partition coefficient (Wildman–Crippen LogP) is 1.12. The Bertz CT molecular complexity index is 391. The first kappa shape index (κ1) is 12.9. The van der Waals surface area contributed by atoms with E-state index < -0.39 is 9.84 Å². The van der Waals surface area contributed by atoms with E-state index in [1.54, 1.807) is 0 Å². The van der Waals surface area contributed by atoms with Crippen LogP contribution in [0.2, 0.25) is 0 Å². The van der Waals surface area contributed by atoms with Gasteiger partial charge >= 0.3 is 0 Å². The lowest BCUT2D eigenvalue weighted by molar-refractivity contribution is -0.125. The molecule has 2 aliphatic rings. The smallest absolute Gasteiger partial charge is 0.224 e. The van der Waals surface area contributed by atoms with E-state index >= 15 is 0 Å². The number of nitrogens with one attached hydrogen (secondary N) is 1. The average Bonchev–Trinajstić information content (AvgIpc) is 2.62. The molecule has 2 fully saturated rings. The van der Waals surface area contributed by atoms with Crippen molar-refractivity contribution in [1.29, 1.82) is 0 Å². The summed E-state index contributed by atoms with van der Waals surface area (Å²) in [6, 6.07) is 0.250. The van der Waals surface area contributed by atoms with Crippen LogP contribution in [0.1, 0.15) is 39.0 Å². The van der Waals surface area contributed by atoms with Crippen molar-refractivity contribution in [1.82, 2.24) is 5.32 Å². The molecule has 1 saturated carbocycles. The molecular formula is C12H21NO3S. The molecule has 1 N–H and O–H groups in total. The van der Waals surface area contributed by atoms with Gasteiger partial charge in [-0.2, -0.15) is 0 Å². The van der Waals surface area contributed by atoms with Gasteiger partial charge in [0.1, 0.15) is 0 Å². The topological polar surface area (TPSA) is 63.2 Å². The summed E-state index contributed by atoms with van der Waals surface area (Å²) in [5, 5.41) is 3.04. The third-order valence-corrected chi connectivity index (χ3v) is 5.81. The molecular weight excluding hydrogens is 238 g/mol. The molecule has 1 heterocycles. The number of rotatable bonds is 2. The fourth-order valence-corrected chi connectivity index (χ4v) is 4.57. The number of hydrogen-bond acceptors (Lipinski definition) is 3. The van der Waals surface area contributed by atoms with Crippen LogP contribution in [0.15, 0.2) is 0 Å². The second-order valence-electron chi connectivity index (χ2n) is 5.48.